The van der Waals surface area contributed by atoms with Crippen LogP contribution in [-0.4, -0.2) is 11.0 Å². The Morgan fingerprint density at radius 3 is 3.00 bits per heavy atom. The zero-order valence-corrected chi connectivity index (χ0v) is 8.17. The lowest BCUT2D eigenvalue weighted by molar-refractivity contribution is 0.822. The van der Waals surface area contributed by atoms with E-state index in [0.29, 0.717) is 11.4 Å². The molecule has 1 rings (SSSR count). The lowest BCUT2D eigenvalue weighted by Gasteiger charge is -2.10. The number of hydrogen-bond donors (Lipinski definition) is 1. The molecule has 1 atom stereocenters. The molecule has 0 spiro atoms. The molecule has 0 aliphatic heterocycles. The summed E-state index contributed by atoms with van der Waals surface area (Å²) in [5, 5.41) is 3.79. The maximum atomic E-state index is 5.69. The maximum Gasteiger partial charge on any atom is 0.126 e. The van der Waals surface area contributed by atoms with Crippen LogP contribution in [0.3, 0.4) is 0 Å². The van der Waals surface area contributed by atoms with Gasteiger partial charge in [0, 0.05) is 18.7 Å². The quantitative estimate of drug-likeness (QED) is 0.749. The van der Waals surface area contributed by atoms with Gasteiger partial charge in [0.25, 0.3) is 0 Å². The Bertz CT molecular complexity index is 300. The molecule has 0 bridgehead atoms. The van der Waals surface area contributed by atoms with Crippen molar-refractivity contribution in [1.29, 1.82) is 0 Å². The standard InChI is InChI=1S/C10H11ClN2/c1-3-4-8(2)13-10-6-5-9(11)7-12-10/h1,5-8H,4H2,2H3,(H,12,13). The first kappa shape index (κ1) is 9.88. The van der Waals surface area contributed by atoms with Crippen molar-refractivity contribution in [3.63, 3.8) is 0 Å². The smallest absolute Gasteiger partial charge is 0.126 e. The normalized spacial score (nSPS) is 11.8. The Morgan fingerprint density at radius 1 is 1.69 bits per heavy atom. The van der Waals surface area contributed by atoms with Gasteiger partial charge in [-0.3, -0.25) is 0 Å². The fourth-order valence-corrected chi connectivity index (χ4v) is 1.05. The average Bonchev–Trinajstić information content (AvgIpc) is 2.09. The summed E-state index contributed by atoms with van der Waals surface area (Å²) in [6.45, 7) is 2.01. The first-order valence-electron chi connectivity index (χ1n) is 4.04. The summed E-state index contributed by atoms with van der Waals surface area (Å²) in [5.41, 5.74) is 0. The van der Waals surface area contributed by atoms with Crippen LogP contribution in [0.5, 0.6) is 0 Å². The van der Waals surface area contributed by atoms with E-state index in [0.717, 1.165) is 5.82 Å². The molecule has 0 fully saturated rings. The predicted octanol–water partition coefficient (Wildman–Crippen LogP) is 2.56. The Labute approximate surface area is 83.3 Å². The van der Waals surface area contributed by atoms with Crippen LogP contribution in [-0.2, 0) is 0 Å². The fraction of sp³-hybridized carbons (Fsp3) is 0.300. The molecule has 0 aliphatic carbocycles. The summed E-state index contributed by atoms with van der Waals surface area (Å²) in [7, 11) is 0. The number of aromatic nitrogens is 1. The van der Waals surface area contributed by atoms with E-state index in [1.54, 1.807) is 12.3 Å². The summed E-state index contributed by atoms with van der Waals surface area (Å²) < 4.78 is 0. The monoisotopic (exact) mass is 194 g/mol. The Balaban J connectivity index is 2.55. The summed E-state index contributed by atoms with van der Waals surface area (Å²) in [6.07, 6.45) is 7.46. The second kappa shape index (κ2) is 4.74. The molecule has 13 heavy (non-hydrogen) atoms. The van der Waals surface area contributed by atoms with Gasteiger partial charge in [-0.25, -0.2) is 4.98 Å². The van der Waals surface area contributed by atoms with E-state index >= 15 is 0 Å². The van der Waals surface area contributed by atoms with Crippen molar-refractivity contribution in [2.45, 2.75) is 19.4 Å². The van der Waals surface area contributed by atoms with Crippen LogP contribution in [0.25, 0.3) is 0 Å². The molecule has 0 aromatic carbocycles. The number of nitrogens with zero attached hydrogens (tertiary/aromatic N) is 1. The lowest BCUT2D eigenvalue weighted by atomic mass is 10.2. The van der Waals surface area contributed by atoms with Crippen LogP contribution in [0.1, 0.15) is 13.3 Å². The second-order valence-corrected chi connectivity index (χ2v) is 3.25. The zero-order chi connectivity index (χ0) is 9.68. The molecular weight excluding hydrogens is 184 g/mol. The Morgan fingerprint density at radius 2 is 2.46 bits per heavy atom. The van der Waals surface area contributed by atoms with Gasteiger partial charge in [0.15, 0.2) is 0 Å². The molecule has 1 aromatic rings. The number of pyridine rings is 1. The van der Waals surface area contributed by atoms with Gasteiger partial charge in [0.05, 0.1) is 5.02 Å². The van der Waals surface area contributed by atoms with Crippen LogP contribution < -0.4 is 5.32 Å². The van der Waals surface area contributed by atoms with Crippen molar-refractivity contribution in [3.05, 3.63) is 23.4 Å². The van der Waals surface area contributed by atoms with Gasteiger partial charge in [-0.2, -0.15) is 0 Å². The van der Waals surface area contributed by atoms with Crippen molar-refractivity contribution >= 4 is 17.4 Å². The van der Waals surface area contributed by atoms with Crippen molar-refractivity contribution in [1.82, 2.24) is 4.98 Å². The number of terminal acetylenes is 1. The third-order valence-corrected chi connectivity index (χ3v) is 1.77. The van der Waals surface area contributed by atoms with Gasteiger partial charge in [-0.1, -0.05) is 11.6 Å². The van der Waals surface area contributed by atoms with Gasteiger partial charge >= 0.3 is 0 Å². The highest BCUT2D eigenvalue weighted by molar-refractivity contribution is 6.30. The molecule has 1 unspecified atom stereocenters. The molecule has 0 aliphatic rings. The highest BCUT2D eigenvalue weighted by Gasteiger charge is 1.99. The second-order valence-electron chi connectivity index (χ2n) is 2.82. The summed E-state index contributed by atoms with van der Waals surface area (Å²) >= 11 is 5.69. The van der Waals surface area contributed by atoms with E-state index in [-0.39, 0.29) is 6.04 Å². The van der Waals surface area contributed by atoms with Gasteiger partial charge in [-0.05, 0) is 19.1 Å². The van der Waals surface area contributed by atoms with Gasteiger partial charge < -0.3 is 5.32 Å². The van der Waals surface area contributed by atoms with E-state index in [4.69, 9.17) is 18.0 Å². The van der Waals surface area contributed by atoms with E-state index in [1.165, 1.54) is 0 Å². The van der Waals surface area contributed by atoms with E-state index in [2.05, 4.69) is 16.2 Å². The molecule has 0 saturated heterocycles. The first-order chi connectivity index (χ1) is 6.22. The highest BCUT2D eigenvalue weighted by atomic mass is 35.5. The van der Waals surface area contributed by atoms with Crippen LogP contribution in [0.4, 0.5) is 5.82 Å². The summed E-state index contributed by atoms with van der Waals surface area (Å²) in [5.74, 6) is 3.38. The van der Waals surface area contributed by atoms with Crippen molar-refractivity contribution in [2.24, 2.45) is 0 Å². The molecule has 68 valence electrons. The molecule has 3 heteroatoms. The molecule has 0 saturated carbocycles. The molecular formula is C10H11ClN2. The van der Waals surface area contributed by atoms with Crippen molar-refractivity contribution in [3.8, 4) is 12.3 Å². The van der Waals surface area contributed by atoms with Crippen LogP contribution in [0.15, 0.2) is 18.3 Å². The molecule has 2 nitrogen and oxygen atoms in total. The summed E-state index contributed by atoms with van der Waals surface area (Å²) in [6, 6.07) is 3.85. The van der Waals surface area contributed by atoms with Gasteiger partial charge in [0.1, 0.15) is 5.82 Å². The molecule has 1 aromatic heterocycles. The number of hydrogen-bond acceptors (Lipinski definition) is 2. The highest BCUT2D eigenvalue weighted by Crippen LogP contribution is 2.10. The average molecular weight is 195 g/mol. The number of halogens is 1. The number of anilines is 1. The predicted molar refractivity (Wildman–Crippen MR) is 55.8 cm³/mol. The SMILES string of the molecule is C#CCC(C)Nc1ccc(Cl)cn1. The molecule has 1 heterocycles. The van der Waals surface area contributed by atoms with Gasteiger partial charge in [0.2, 0.25) is 0 Å². The minimum absolute atomic E-state index is 0.235. The Hall–Kier alpha value is -1.20. The summed E-state index contributed by atoms with van der Waals surface area (Å²) in [4.78, 5) is 4.09. The molecule has 0 radical (unpaired) electrons. The zero-order valence-electron chi connectivity index (χ0n) is 7.42. The third kappa shape index (κ3) is 3.35. The largest absolute Gasteiger partial charge is 0.367 e. The minimum atomic E-state index is 0.235. The maximum absolute atomic E-state index is 5.69. The minimum Gasteiger partial charge on any atom is -0.367 e. The molecule has 0 amide bonds. The van der Waals surface area contributed by atoms with Crippen LogP contribution >= 0.6 is 11.6 Å². The van der Waals surface area contributed by atoms with E-state index in [9.17, 15) is 0 Å². The van der Waals surface area contributed by atoms with Crippen molar-refractivity contribution in [2.75, 3.05) is 5.32 Å². The fourth-order valence-electron chi connectivity index (χ4n) is 0.941. The van der Waals surface area contributed by atoms with E-state index < -0.39 is 0 Å². The van der Waals surface area contributed by atoms with Crippen molar-refractivity contribution < 1.29 is 0 Å². The number of nitrogens with one attached hydrogen (secondary N) is 1. The Kier molecular flexibility index (Phi) is 3.60. The first-order valence-corrected chi connectivity index (χ1v) is 4.41. The van der Waals surface area contributed by atoms with E-state index in [1.807, 2.05) is 13.0 Å². The molecule has 1 N–H and O–H groups in total. The van der Waals surface area contributed by atoms with Crippen LogP contribution in [0.2, 0.25) is 5.02 Å². The lowest BCUT2D eigenvalue weighted by Crippen LogP contribution is -2.14. The third-order valence-electron chi connectivity index (χ3n) is 1.55. The number of rotatable bonds is 3. The van der Waals surface area contributed by atoms with Gasteiger partial charge in [-0.15, -0.1) is 12.3 Å². The van der Waals surface area contributed by atoms with Crippen LogP contribution in [0, 0.1) is 12.3 Å². The topological polar surface area (TPSA) is 24.9 Å².